The van der Waals surface area contributed by atoms with E-state index in [1.807, 2.05) is 30.3 Å². The SMILES string of the molecule is O=C(O)c1ccc(-c2ccc([C@@H]3[C@H](c4ccccn4)NC(=S)N3C3CCCC3)o2)cc1. The first-order valence-electron chi connectivity index (χ1n) is 10.5. The Hall–Kier alpha value is -3.19. The summed E-state index contributed by atoms with van der Waals surface area (Å²) in [5, 5.41) is 13.4. The van der Waals surface area contributed by atoms with Gasteiger partial charge in [0, 0.05) is 17.8 Å². The lowest BCUT2D eigenvalue weighted by atomic mass is 10.0. The molecule has 1 aliphatic heterocycles. The van der Waals surface area contributed by atoms with E-state index in [-0.39, 0.29) is 17.6 Å². The number of thiocarbonyl (C=S) groups is 1. The predicted octanol–water partition coefficient (Wildman–Crippen LogP) is 4.95. The number of carboxylic acids is 1. The van der Waals surface area contributed by atoms with Crippen LogP contribution in [0, 0.1) is 0 Å². The summed E-state index contributed by atoms with van der Waals surface area (Å²) in [6.07, 6.45) is 6.47. The first kappa shape index (κ1) is 19.8. The van der Waals surface area contributed by atoms with E-state index < -0.39 is 5.97 Å². The van der Waals surface area contributed by atoms with Crippen molar-refractivity contribution < 1.29 is 14.3 Å². The van der Waals surface area contributed by atoms with Gasteiger partial charge in [-0.1, -0.05) is 31.0 Å². The highest BCUT2D eigenvalue weighted by Crippen LogP contribution is 2.44. The Balaban J connectivity index is 1.51. The Labute approximate surface area is 185 Å². The summed E-state index contributed by atoms with van der Waals surface area (Å²) in [4.78, 5) is 18.0. The zero-order valence-corrected chi connectivity index (χ0v) is 17.7. The molecule has 3 heterocycles. The van der Waals surface area contributed by atoms with Crippen molar-refractivity contribution in [1.29, 1.82) is 0 Å². The van der Waals surface area contributed by atoms with Gasteiger partial charge in [-0.15, -0.1) is 0 Å². The lowest BCUT2D eigenvalue weighted by Gasteiger charge is -2.31. The van der Waals surface area contributed by atoms with Crippen LogP contribution in [0.25, 0.3) is 11.3 Å². The van der Waals surface area contributed by atoms with Crippen molar-refractivity contribution in [2.75, 3.05) is 0 Å². The predicted molar refractivity (Wildman–Crippen MR) is 121 cm³/mol. The molecule has 2 aromatic heterocycles. The van der Waals surface area contributed by atoms with E-state index in [0.717, 1.165) is 35.0 Å². The van der Waals surface area contributed by atoms with Gasteiger partial charge < -0.3 is 19.7 Å². The summed E-state index contributed by atoms with van der Waals surface area (Å²) < 4.78 is 6.33. The van der Waals surface area contributed by atoms with Crippen LogP contribution in [0.2, 0.25) is 0 Å². The number of nitrogens with zero attached hydrogens (tertiary/aromatic N) is 2. The number of carboxylic acid groups (broad SMARTS) is 1. The third-order valence-corrected chi connectivity index (χ3v) is 6.52. The molecular formula is C24H23N3O3S. The minimum absolute atomic E-state index is 0.0856. The van der Waals surface area contributed by atoms with Crippen LogP contribution in [0.1, 0.15) is 59.6 Å². The highest BCUT2D eigenvalue weighted by Gasteiger charge is 2.45. The fourth-order valence-electron chi connectivity index (χ4n) is 4.69. The van der Waals surface area contributed by atoms with Gasteiger partial charge in [-0.25, -0.2) is 4.79 Å². The van der Waals surface area contributed by atoms with Crippen molar-refractivity contribution in [3.63, 3.8) is 0 Å². The van der Waals surface area contributed by atoms with Crippen molar-refractivity contribution in [1.82, 2.24) is 15.2 Å². The van der Waals surface area contributed by atoms with E-state index in [2.05, 4.69) is 15.2 Å². The van der Waals surface area contributed by atoms with E-state index in [4.69, 9.17) is 21.7 Å². The highest BCUT2D eigenvalue weighted by molar-refractivity contribution is 7.80. The number of carbonyl (C=O) groups is 1. The number of aromatic nitrogens is 1. The molecule has 7 heteroatoms. The number of aromatic carboxylic acids is 1. The highest BCUT2D eigenvalue weighted by atomic mass is 32.1. The van der Waals surface area contributed by atoms with Gasteiger partial charge in [-0.2, -0.15) is 0 Å². The molecule has 1 aliphatic carbocycles. The molecule has 0 radical (unpaired) electrons. The maximum absolute atomic E-state index is 11.1. The molecule has 2 fully saturated rings. The molecule has 31 heavy (non-hydrogen) atoms. The lowest BCUT2D eigenvalue weighted by molar-refractivity contribution is 0.0697. The van der Waals surface area contributed by atoms with Crippen molar-refractivity contribution >= 4 is 23.3 Å². The first-order valence-corrected chi connectivity index (χ1v) is 11.0. The Morgan fingerprint density at radius 1 is 1.10 bits per heavy atom. The third-order valence-electron chi connectivity index (χ3n) is 6.19. The number of hydrogen-bond donors (Lipinski definition) is 2. The zero-order chi connectivity index (χ0) is 21.4. The van der Waals surface area contributed by atoms with Gasteiger partial charge in [-0.3, -0.25) is 4.98 Å². The van der Waals surface area contributed by atoms with E-state index in [0.29, 0.717) is 11.8 Å². The standard InChI is InChI=1S/C24H23N3O3S/c28-23(29)16-10-8-15(9-11-16)19-12-13-20(30-19)22-21(18-7-3-4-14-25-18)26-24(31)27(22)17-5-1-2-6-17/h3-4,7-14,17,21-22H,1-2,5-6H2,(H,26,31)(H,28,29)/t21-,22+/m0/s1. The number of rotatable bonds is 5. The molecule has 0 bridgehead atoms. The molecule has 1 aromatic carbocycles. The number of benzene rings is 1. The summed E-state index contributed by atoms with van der Waals surface area (Å²) in [6.45, 7) is 0. The molecule has 0 amide bonds. The smallest absolute Gasteiger partial charge is 0.335 e. The summed E-state index contributed by atoms with van der Waals surface area (Å²) in [5.74, 6) is 0.589. The van der Waals surface area contributed by atoms with Crippen LogP contribution in [-0.2, 0) is 0 Å². The molecule has 5 rings (SSSR count). The lowest BCUT2D eigenvalue weighted by Crippen LogP contribution is -2.37. The number of pyridine rings is 1. The fraction of sp³-hybridized carbons (Fsp3) is 0.292. The molecule has 1 saturated heterocycles. The maximum atomic E-state index is 11.1. The molecule has 6 nitrogen and oxygen atoms in total. The van der Waals surface area contributed by atoms with Gasteiger partial charge in [0.25, 0.3) is 0 Å². The topological polar surface area (TPSA) is 78.6 Å². The number of furan rings is 1. The molecular weight excluding hydrogens is 410 g/mol. The fourth-order valence-corrected chi connectivity index (χ4v) is 5.08. The summed E-state index contributed by atoms with van der Waals surface area (Å²) in [5.41, 5.74) is 2.02. The van der Waals surface area contributed by atoms with E-state index >= 15 is 0 Å². The second-order valence-corrected chi connectivity index (χ2v) is 8.44. The van der Waals surface area contributed by atoms with E-state index in [9.17, 15) is 4.79 Å². The van der Waals surface area contributed by atoms with Crippen LogP contribution in [0.3, 0.4) is 0 Å². The number of hydrogen-bond acceptors (Lipinski definition) is 4. The summed E-state index contributed by atoms with van der Waals surface area (Å²) >= 11 is 5.76. The molecule has 2 aliphatic rings. The van der Waals surface area contributed by atoms with Gasteiger partial charge in [0.15, 0.2) is 5.11 Å². The van der Waals surface area contributed by atoms with Gasteiger partial charge >= 0.3 is 5.97 Å². The Kier molecular flexibility index (Phi) is 5.19. The minimum atomic E-state index is -0.942. The maximum Gasteiger partial charge on any atom is 0.335 e. The normalized spacial score (nSPS) is 21.4. The molecule has 1 saturated carbocycles. The van der Waals surface area contributed by atoms with E-state index in [1.165, 1.54) is 12.8 Å². The van der Waals surface area contributed by atoms with Crippen molar-refractivity contribution in [2.24, 2.45) is 0 Å². The summed E-state index contributed by atoms with van der Waals surface area (Å²) in [6, 6.07) is 16.8. The Bertz CT molecular complexity index is 1090. The van der Waals surface area contributed by atoms with Crippen LogP contribution >= 0.6 is 12.2 Å². The summed E-state index contributed by atoms with van der Waals surface area (Å²) in [7, 11) is 0. The van der Waals surface area contributed by atoms with Crippen LogP contribution < -0.4 is 5.32 Å². The Morgan fingerprint density at radius 3 is 2.55 bits per heavy atom. The second kappa shape index (κ2) is 8.15. The van der Waals surface area contributed by atoms with E-state index in [1.54, 1.807) is 30.5 Å². The molecule has 0 spiro atoms. The van der Waals surface area contributed by atoms with Crippen molar-refractivity contribution in [3.8, 4) is 11.3 Å². The number of nitrogens with one attached hydrogen (secondary N) is 1. The largest absolute Gasteiger partial charge is 0.478 e. The molecule has 2 N–H and O–H groups in total. The minimum Gasteiger partial charge on any atom is -0.478 e. The van der Waals surface area contributed by atoms with Crippen LogP contribution in [-0.4, -0.2) is 32.1 Å². The Morgan fingerprint density at radius 2 is 1.87 bits per heavy atom. The quantitative estimate of drug-likeness (QED) is 0.551. The monoisotopic (exact) mass is 433 g/mol. The second-order valence-electron chi connectivity index (χ2n) is 8.06. The van der Waals surface area contributed by atoms with Crippen LogP contribution in [0.4, 0.5) is 0 Å². The molecule has 0 unspecified atom stereocenters. The van der Waals surface area contributed by atoms with Crippen LogP contribution in [0.5, 0.6) is 0 Å². The average molecular weight is 434 g/mol. The molecule has 158 valence electrons. The van der Waals surface area contributed by atoms with Gasteiger partial charge in [0.2, 0.25) is 0 Å². The van der Waals surface area contributed by atoms with Gasteiger partial charge in [0.1, 0.15) is 17.6 Å². The van der Waals surface area contributed by atoms with Crippen LogP contribution in [0.15, 0.2) is 65.2 Å². The molecule has 3 aromatic rings. The van der Waals surface area contributed by atoms with Gasteiger partial charge in [-0.05, 0) is 61.5 Å². The van der Waals surface area contributed by atoms with Crippen molar-refractivity contribution in [2.45, 2.75) is 43.8 Å². The van der Waals surface area contributed by atoms with Crippen molar-refractivity contribution in [3.05, 3.63) is 77.8 Å². The third kappa shape index (κ3) is 3.70. The van der Waals surface area contributed by atoms with Gasteiger partial charge in [0.05, 0.1) is 17.3 Å². The first-order chi connectivity index (χ1) is 15.1. The average Bonchev–Trinajstić information content (AvgIpc) is 3.54. The zero-order valence-electron chi connectivity index (χ0n) is 16.9. The molecule has 2 atom stereocenters.